The summed E-state index contributed by atoms with van der Waals surface area (Å²) in [6, 6.07) is -0.300. The van der Waals surface area contributed by atoms with Crippen LogP contribution in [-0.2, 0) is 19.1 Å². The highest BCUT2D eigenvalue weighted by Gasteiger charge is 2.41. The monoisotopic (exact) mass is 286 g/mol. The summed E-state index contributed by atoms with van der Waals surface area (Å²) in [5, 5.41) is 15.3. The Bertz CT molecular complexity index is 368. The number of hydrogen-bond donors (Lipinski definition) is 3. The zero-order chi connectivity index (χ0) is 14.6. The Morgan fingerprint density at radius 2 is 2.15 bits per heavy atom. The molecule has 0 aromatic carbocycles. The van der Waals surface area contributed by atoms with Gasteiger partial charge in [0.2, 0.25) is 5.91 Å². The van der Waals surface area contributed by atoms with Crippen molar-refractivity contribution in [2.45, 2.75) is 31.4 Å². The average molecular weight is 286 g/mol. The van der Waals surface area contributed by atoms with Gasteiger partial charge in [-0.1, -0.05) is 0 Å². The second kappa shape index (κ2) is 6.51. The van der Waals surface area contributed by atoms with Crippen LogP contribution in [0.2, 0.25) is 0 Å². The number of hydrogen-bond acceptors (Lipinski definition) is 5. The number of amides is 1. The molecule has 2 unspecified atom stereocenters. The van der Waals surface area contributed by atoms with E-state index in [1.54, 1.807) is 7.11 Å². The van der Waals surface area contributed by atoms with E-state index in [-0.39, 0.29) is 24.6 Å². The van der Waals surface area contributed by atoms with E-state index in [0.717, 1.165) is 0 Å². The molecule has 114 valence electrons. The first-order chi connectivity index (χ1) is 9.57. The van der Waals surface area contributed by atoms with Crippen LogP contribution in [0.3, 0.4) is 0 Å². The van der Waals surface area contributed by atoms with Crippen LogP contribution in [0.15, 0.2) is 0 Å². The van der Waals surface area contributed by atoms with Gasteiger partial charge in [0.15, 0.2) is 0 Å². The molecule has 0 aliphatic carbocycles. The first-order valence-electron chi connectivity index (χ1n) is 6.92. The quantitative estimate of drug-likeness (QED) is 0.622. The molecule has 2 aliphatic rings. The molecule has 3 N–H and O–H groups in total. The predicted molar refractivity (Wildman–Crippen MR) is 70.3 cm³/mol. The molecule has 2 aliphatic heterocycles. The number of carboxylic acids is 1. The highest BCUT2D eigenvalue weighted by molar-refractivity contribution is 5.83. The van der Waals surface area contributed by atoms with E-state index in [2.05, 4.69) is 10.6 Å². The van der Waals surface area contributed by atoms with Crippen LogP contribution in [-0.4, -0.2) is 62.5 Å². The molecule has 2 fully saturated rings. The molecule has 20 heavy (non-hydrogen) atoms. The summed E-state index contributed by atoms with van der Waals surface area (Å²) in [5.74, 6) is -1.02. The summed E-state index contributed by atoms with van der Waals surface area (Å²) in [7, 11) is 1.62. The molecular formula is C13H22N2O5. The summed E-state index contributed by atoms with van der Waals surface area (Å²) in [5.41, 5.74) is -0.896. The smallest absolute Gasteiger partial charge is 0.311 e. The fourth-order valence-corrected chi connectivity index (χ4v) is 2.69. The van der Waals surface area contributed by atoms with Gasteiger partial charge in [0.25, 0.3) is 0 Å². The van der Waals surface area contributed by atoms with E-state index >= 15 is 0 Å². The predicted octanol–water partition coefficient (Wildman–Crippen LogP) is -0.639. The van der Waals surface area contributed by atoms with Gasteiger partial charge >= 0.3 is 5.97 Å². The lowest BCUT2D eigenvalue weighted by Crippen LogP contribution is -2.50. The molecule has 2 saturated heterocycles. The van der Waals surface area contributed by atoms with Crippen molar-refractivity contribution in [1.82, 2.24) is 10.6 Å². The third-order valence-electron chi connectivity index (χ3n) is 4.24. The van der Waals surface area contributed by atoms with Crippen molar-refractivity contribution >= 4 is 11.9 Å². The van der Waals surface area contributed by atoms with Gasteiger partial charge in [-0.05, 0) is 19.3 Å². The van der Waals surface area contributed by atoms with Crippen molar-refractivity contribution < 1.29 is 24.2 Å². The Balaban J connectivity index is 1.86. The highest BCUT2D eigenvalue weighted by Crippen LogP contribution is 2.30. The van der Waals surface area contributed by atoms with Gasteiger partial charge in [-0.2, -0.15) is 0 Å². The third-order valence-corrected chi connectivity index (χ3v) is 4.24. The number of carboxylic acid groups (broad SMARTS) is 1. The first-order valence-corrected chi connectivity index (χ1v) is 6.92. The second-order valence-corrected chi connectivity index (χ2v) is 5.47. The molecule has 0 aromatic rings. The molecule has 2 atom stereocenters. The number of carbonyl (C=O) groups is 2. The van der Waals surface area contributed by atoms with Crippen molar-refractivity contribution in [2.75, 3.05) is 33.4 Å². The molecule has 0 saturated carbocycles. The average Bonchev–Trinajstić information content (AvgIpc) is 2.94. The number of nitrogens with one attached hydrogen (secondary N) is 2. The highest BCUT2D eigenvalue weighted by atomic mass is 16.5. The van der Waals surface area contributed by atoms with Gasteiger partial charge < -0.3 is 25.2 Å². The van der Waals surface area contributed by atoms with E-state index in [4.69, 9.17) is 9.47 Å². The molecule has 0 spiro atoms. The summed E-state index contributed by atoms with van der Waals surface area (Å²) in [6.07, 6.45) is 1.52. The van der Waals surface area contributed by atoms with Gasteiger partial charge in [0, 0.05) is 33.4 Å². The summed E-state index contributed by atoms with van der Waals surface area (Å²) in [4.78, 5) is 23.5. The standard InChI is InChI=1S/C13H22N2O5/c1-19-9-6-10(14-7-9)11(16)15-8-13(12(17)18)2-4-20-5-3-13/h9-10,14H,2-8H2,1H3,(H,15,16)(H,17,18). The van der Waals surface area contributed by atoms with Crippen LogP contribution in [0.1, 0.15) is 19.3 Å². The molecule has 0 bridgehead atoms. The van der Waals surface area contributed by atoms with Crippen molar-refractivity contribution in [3.63, 3.8) is 0 Å². The lowest BCUT2D eigenvalue weighted by molar-refractivity contribution is -0.154. The number of ether oxygens (including phenoxy) is 2. The second-order valence-electron chi connectivity index (χ2n) is 5.47. The van der Waals surface area contributed by atoms with Crippen molar-refractivity contribution in [3.8, 4) is 0 Å². The Kier molecular flexibility index (Phi) is 4.95. The van der Waals surface area contributed by atoms with Crippen molar-refractivity contribution in [2.24, 2.45) is 5.41 Å². The van der Waals surface area contributed by atoms with Crippen molar-refractivity contribution in [1.29, 1.82) is 0 Å². The van der Waals surface area contributed by atoms with Gasteiger partial charge in [-0.25, -0.2) is 0 Å². The van der Waals surface area contributed by atoms with Crippen LogP contribution in [0.5, 0.6) is 0 Å². The first kappa shape index (κ1) is 15.2. The lowest BCUT2D eigenvalue weighted by Gasteiger charge is -2.33. The Morgan fingerprint density at radius 3 is 2.70 bits per heavy atom. The van der Waals surface area contributed by atoms with Gasteiger partial charge in [-0.3, -0.25) is 9.59 Å². The molecule has 0 radical (unpaired) electrons. The molecule has 7 heteroatoms. The molecule has 2 heterocycles. The lowest BCUT2D eigenvalue weighted by atomic mass is 9.80. The zero-order valence-electron chi connectivity index (χ0n) is 11.7. The number of carbonyl (C=O) groups excluding carboxylic acids is 1. The van der Waals surface area contributed by atoms with Gasteiger partial charge in [-0.15, -0.1) is 0 Å². The normalized spacial score (nSPS) is 29.1. The molecule has 0 aromatic heterocycles. The summed E-state index contributed by atoms with van der Waals surface area (Å²) < 4.78 is 10.4. The van der Waals surface area contributed by atoms with E-state index in [1.807, 2.05) is 0 Å². The maximum absolute atomic E-state index is 12.1. The summed E-state index contributed by atoms with van der Waals surface area (Å²) in [6.45, 7) is 1.65. The van der Waals surface area contributed by atoms with E-state index in [1.165, 1.54) is 0 Å². The number of methoxy groups -OCH3 is 1. The SMILES string of the molecule is COC1CNC(C(=O)NCC2(C(=O)O)CCOCC2)C1. The fraction of sp³-hybridized carbons (Fsp3) is 0.846. The Hall–Kier alpha value is -1.18. The van der Waals surface area contributed by atoms with E-state index in [0.29, 0.717) is 39.0 Å². The Morgan fingerprint density at radius 1 is 1.45 bits per heavy atom. The molecule has 1 amide bonds. The minimum Gasteiger partial charge on any atom is -0.481 e. The Labute approximate surface area is 118 Å². The minimum atomic E-state index is -0.896. The van der Waals surface area contributed by atoms with Crippen LogP contribution in [0, 0.1) is 5.41 Å². The molecule has 2 rings (SSSR count). The van der Waals surface area contributed by atoms with Crippen molar-refractivity contribution in [3.05, 3.63) is 0 Å². The third kappa shape index (κ3) is 3.28. The van der Waals surface area contributed by atoms with E-state index in [9.17, 15) is 14.7 Å². The largest absolute Gasteiger partial charge is 0.481 e. The summed E-state index contributed by atoms with van der Waals surface area (Å²) >= 11 is 0. The van der Waals surface area contributed by atoms with Crippen LogP contribution >= 0.6 is 0 Å². The van der Waals surface area contributed by atoms with Gasteiger partial charge in [0.1, 0.15) is 0 Å². The fourth-order valence-electron chi connectivity index (χ4n) is 2.69. The number of aliphatic carboxylic acids is 1. The molecule has 7 nitrogen and oxygen atoms in total. The maximum Gasteiger partial charge on any atom is 0.311 e. The number of rotatable bonds is 5. The van der Waals surface area contributed by atoms with Crippen LogP contribution in [0.25, 0.3) is 0 Å². The minimum absolute atomic E-state index is 0.0438. The molecular weight excluding hydrogens is 264 g/mol. The zero-order valence-corrected chi connectivity index (χ0v) is 11.7. The maximum atomic E-state index is 12.1. The van der Waals surface area contributed by atoms with Crippen LogP contribution < -0.4 is 10.6 Å². The van der Waals surface area contributed by atoms with Crippen LogP contribution in [0.4, 0.5) is 0 Å². The topological polar surface area (TPSA) is 96.9 Å². The van der Waals surface area contributed by atoms with Gasteiger partial charge in [0.05, 0.1) is 17.6 Å². The van der Waals surface area contributed by atoms with E-state index < -0.39 is 11.4 Å².